The number of carboxylic acid groups (broad SMARTS) is 1. The van der Waals surface area contributed by atoms with Gasteiger partial charge in [-0.3, -0.25) is 4.79 Å². The topological polar surface area (TPSA) is 83.8 Å². The lowest BCUT2D eigenvalue weighted by molar-refractivity contribution is 0.143. The van der Waals surface area contributed by atoms with E-state index < -0.39 is 29.0 Å². The summed E-state index contributed by atoms with van der Waals surface area (Å²) in [7, 11) is 0. The molecule has 2 N–H and O–H groups in total. The van der Waals surface area contributed by atoms with Gasteiger partial charge in [0, 0.05) is 31.7 Å². The molecule has 2 aromatic rings. The first-order chi connectivity index (χ1) is 13.5. The van der Waals surface area contributed by atoms with Crippen molar-refractivity contribution in [1.29, 1.82) is 0 Å². The zero-order chi connectivity index (χ0) is 19.6. The molecule has 10 heteroatoms. The van der Waals surface area contributed by atoms with E-state index in [1.807, 2.05) is 0 Å². The van der Waals surface area contributed by atoms with E-state index in [2.05, 4.69) is 10.1 Å². The van der Waals surface area contributed by atoms with Crippen LogP contribution in [-0.2, 0) is 0 Å². The highest BCUT2D eigenvalue weighted by molar-refractivity contribution is 5.86. The SMILES string of the molecule is Cl.O=C(O)Oc1cn(C2CC2)c2c(F)c(N3CCC4CNCC43)c(F)cc2c1=O. The summed E-state index contributed by atoms with van der Waals surface area (Å²) in [5.74, 6) is -1.68. The molecule has 1 aromatic heterocycles. The molecule has 2 unspecified atom stereocenters. The van der Waals surface area contributed by atoms with E-state index in [4.69, 9.17) is 5.11 Å². The summed E-state index contributed by atoms with van der Waals surface area (Å²) in [4.78, 5) is 25.3. The van der Waals surface area contributed by atoms with Crippen LogP contribution >= 0.6 is 12.4 Å². The number of rotatable bonds is 3. The fourth-order valence-corrected chi connectivity index (χ4v) is 4.60. The summed E-state index contributed by atoms with van der Waals surface area (Å²) in [6, 6.07) is 0.975. The number of ether oxygens (including phenoxy) is 1. The predicted molar refractivity (Wildman–Crippen MR) is 104 cm³/mol. The van der Waals surface area contributed by atoms with Gasteiger partial charge in [-0.15, -0.1) is 12.4 Å². The first-order valence-electron chi connectivity index (χ1n) is 9.40. The van der Waals surface area contributed by atoms with Crippen LogP contribution in [0.25, 0.3) is 10.9 Å². The summed E-state index contributed by atoms with van der Waals surface area (Å²) >= 11 is 0. The van der Waals surface area contributed by atoms with Gasteiger partial charge in [-0.2, -0.15) is 0 Å². The first-order valence-corrected chi connectivity index (χ1v) is 9.40. The van der Waals surface area contributed by atoms with Gasteiger partial charge < -0.3 is 24.6 Å². The molecule has 1 saturated carbocycles. The van der Waals surface area contributed by atoms with Crippen LogP contribution in [0.3, 0.4) is 0 Å². The Balaban J connectivity index is 0.00000205. The molecule has 156 valence electrons. The molecular weight excluding hydrogens is 408 g/mol. The predicted octanol–water partition coefficient (Wildman–Crippen LogP) is 2.89. The van der Waals surface area contributed by atoms with Crippen LogP contribution in [0.4, 0.5) is 19.3 Å². The van der Waals surface area contributed by atoms with Crippen molar-refractivity contribution in [3.05, 3.63) is 34.1 Å². The average Bonchev–Trinajstić information content (AvgIpc) is 3.25. The Morgan fingerprint density at radius 1 is 1.24 bits per heavy atom. The number of benzene rings is 1. The van der Waals surface area contributed by atoms with Crippen molar-refractivity contribution in [3.8, 4) is 5.75 Å². The lowest BCUT2D eigenvalue weighted by Crippen LogP contribution is -2.35. The number of aromatic nitrogens is 1. The van der Waals surface area contributed by atoms with E-state index >= 15 is 8.78 Å². The number of fused-ring (bicyclic) bond motifs is 2. The molecule has 3 fully saturated rings. The van der Waals surface area contributed by atoms with Crippen LogP contribution in [0.1, 0.15) is 25.3 Å². The fraction of sp³-hybridized carbons (Fsp3) is 0.474. The van der Waals surface area contributed by atoms with Crippen LogP contribution in [0, 0.1) is 17.6 Å². The minimum Gasteiger partial charge on any atom is -0.449 e. The highest BCUT2D eigenvalue weighted by atomic mass is 35.5. The third-order valence-electron chi connectivity index (χ3n) is 6.02. The van der Waals surface area contributed by atoms with Crippen molar-refractivity contribution >= 4 is 35.2 Å². The third-order valence-corrected chi connectivity index (χ3v) is 6.02. The van der Waals surface area contributed by atoms with Gasteiger partial charge in [-0.05, 0) is 31.2 Å². The number of anilines is 1. The highest BCUT2D eigenvalue weighted by Gasteiger charge is 2.40. The molecule has 0 radical (unpaired) electrons. The van der Waals surface area contributed by atoms with E-state index in [9.17, 15) is 9.59 Å². The van der Waals surface area contributed by atoms with Gasteiger partial charge in [0.15, 0.2) is 11.6 Å². The van der Waals surface area contributed by atoms with Gasteiger partial charge in [0.05, 0.1) is 17.1 Å². The number of halogens is 3. The second-order valence-corrected chi connectivity index (χ2v) is 7.71. The molecular formula is C19H20ClF2N3O4. The van der Waals surface area contributed by atoms with E-state index in [1.54, 1.807) is 4.90 Å². The molecule has 0 amide bonds. The maximum atomic E-state index is 15.6. The molecule has 2 aliphatic heterocycles. The van der Waals surface area contributed by atoms with Gasteiger partial charge in [0.1, 0.15) is 11.5 Å². The minimum atomic E-state index is -1.65. The van der Waals surface area contributed by atoms with Gasteiger partial charge in [0.25, 0.3) is 0 Å². The van der Waals surface area contributed by atoms with Crippen molar-refractivity contribution in [2.45, 2.75) is 31.3 Å². The molecule has 2 saturated heterocycles. The van der Waals surface area contributed by atoms with Crippen LogP contribution in [0.15, 0.2) is 17.1 Å². The van der Waals surface area contributed by atoms with E-state index in [0.717, 1.165) is 31.9 Å². The van der Waals surface area contributed by atoms with Crippen molar-refractivity contribution in [2.75, 3.05) is 24.5 Å². The van der Waals surface area contributed by atoms with Gasteiger partial charge >= 0.3 is 6.16 Å². The van der Waals surface area contributed by atoms with E-state index in [1.165, 1.54) is 10.8 Å². The molecule has 3 aliphatic rings. The minimum absolute atomic E-state index is 0. The van der Waals surface area contributed by atoms with Gasteiger partial charge in [0.2, 0.25) is 5.43 Å². The summed E-state index contributed by atoms with van der Waals surface area (Å²) in [5.41, 5.74) is -0.930. The van der Waals surface area contributed by atoms with Crippen LogP contribution in [0.5, 0.6) is 5.75 Å². The summed E-state index contributed by atoms with van der Waals surface area (Å²) in [5, 5.41) is 11.9. The lowest BCUT2D eigenvalue weighted by Gasteiger charge is -2.27. The van der Waals surface area contributed by atoms with Crippen molar-refractivity contribution in [3.63, 3.8) is 0 Å². The second kappa shape index (κ2) is 7.14. The highest BCUT2D eigenvalue weighted by Crippen LogP contribution is 2.42. The molecule has 7 nitrogen and oxygen atoms in total. The molecule has 0 spiro atoms. The van der Waals surface area contributed by atoms with Gasteiger partial charge in [-0.25, -0.2) is 13.6 Å². The Kier molecular flexibility index (Phi) is 4.90. The van der Waals surface area contributed by atoms with Crippen molar-refractivity contribution in [1.82, 2.24) is 9.88 Å². The molecule has 1 aliphatic carbocycles. The molecule has 29 heavy (non-hydrogen) atoms. The summed E-state index contributed by atoms with van der Waals surface area (Å²) in [6.07, 6.45) is 1.98. The number of carbonyl (C=O) groups is 1. The Morgan fingerprint density at radius 2 is 2.00 bits per heavy atom. The molecule has 0 bridgehead atoms. The zero-order valence-corrected chi connectivity index (χ0v) is 16.2. The second-order valence-electron chi connectivity index (χ2n) is 7.71. The zero-order valence-electron chi connectivity index (χ0n) is 15.4. The molecule has 5 rings (SSSR count). The molecule has 3 heterocycles. The number of hydrogen-bond acceptors (Lipinski definition) is 5. The Bertz CT molecular complexity index is 1060. The monoisotopic (exact) mass is 427 g/mol. The number of nitrogens with one attached hydrogen (secondary N) is 1. The smallest absolute Gasteiger partial charge is 0.449 e. The first kappa shape index (κ1) is 19.9. The normalized spacial score (nSPS) is 23.2. The van der Waals surface area contributed by atoms with E-state index in [-0.39, 0.29) is 41.1 Å². The molecule has 2 atom stereocenters. The number of pyridine rings is 1. The standard InChI is InChI=1S/C19H19F2N3O4.ClH/c20-12-5-11-16(15(21)17(12)23-4-3-9-6-22-7-13(9)23)24(10-1-2-10)8-14(18(11)25)28-19(26)27;/h5,8-10,13,22H,1-4,6-7H2,(H,26,27);1H. The van der Waals surface area contributed by atoms with E-state index in [0.29, 0.717) is 19.0 Å². The lowest BCUT2D eigenvalue weighted by atomic mass is 10.0. The fourth-order valence-electron chi connectivity index (χ4n) is 4.60. The average molecular weight is 428 g/mol. The summed E-state index contributed by atoms with van der Waals surface area (Å²) < 4.78 is 36.7. The van der Waals surface area contributed by atoms with Crippen LogP contribution in [-0.4, -0.2) is 41.5 Å². The molecule has 1 aromatic carbocycles. The quantitative estimate of drug-likeness (QED) is 0.733. The largest absolute Gasteiger partial charge is 0.511 e. The van der Waals surface area contributed by atoms with Crippen molar-refractivity contribution in [2.24, 2.45) is 5.92 Å². The van der Waals surface area contributed by atoms with Crippen molar-refractivity contribution < 1.29 is 23.4 Å². The maximum Gasteiger partial charge on any atom is 0.511 e. The number of nitrogens with zero attached hydrogens (tertiary/aromatic N) is 2. The number of hydrogen-bond donors (Lipinski definition) is 2. The van der Waals surface area contributed by atoms with Crippen LogP contribution in [0.2, 0.25) is 0 Å². The van der Waals surface area contributed by atoms with Crippen LogP contribution < -0.4 is 20.4 Å². The third kappa shape index (κ3) is 3.12. The Hall–Kier alpha value is -2.39. The Morgan fingerprint density at radius 3 is 2.69 bits per heavy atom. The maximum absolute atomic E-state index is 15.6. The summed E-state index contributed by atoms with van der Waals surface area (Å²) in [6.45, 7) is 2.06. The van der Waals surface area contributed by atoms with Gasteiger partial charge in [-0.1, -0.05) is 0 Å². The Labute approximate surface area is 170 Å².